The normalized spacial score (nSPS) is 12.9. The Morgan fingerprint density at radius 1 is 0.906 bits per heavy atom. The van der Waals surface area contributed by atoms with E-state index in [1.165, 1.54) is 17.8 Å². The molecule has 0 radical (unpaired) electrons. The van der Waals surface area contributed by atoms with Gasteiger partial charge >= 0.3 is 12.4 Å². The number of benzene rings is 1. The number of fused-ring (bicyclic) bond motifs is 2. The molecule has 3 heterocycles. The van der Waals surface area contributed by atoms with Gasteiger partial charge in [0, 0.05) is 24.1 Å². The molecule has 0 atom stereocenters. The summed E-state index contributed by atoms with van der Waals surface area (Å²) in [6.45, 7) is 3.58. The van der Waals surface area contributed by atoms with Crippen LogP contribution < -0.4 is 0 Å². The second-order valence-electron chi connectivity index (χ2n) is 7.00. The average molecular weight is 473 g/mol. The van der Waals surface area contributed by atoms with Crippen molar-refractivity contribution in [3.63, 3.8) is 0 Å². The highest BCUT2D eigenvalue weighted by molar-refractivity contribution is 7.99. The van der Waals surface area contributed by atoms with Crippen LogP contribution in [0.25, 0.3) is 33.5 Å². The summed E-state index contributed by atoms with van der Waals surface area (Å²) in [5, 5.41) is 0. The van der Waals surface area contributed by atoms with Crippen LogP contribution in [0.15, 0.2) is 29.3 Å². The Bertz CT molecular complexity index is 1320. The van der Waals surface area contributed by atoms with Crippen molar-refractivity contribution >= 4 is 33.8 Å². The molecule has 0 bridgehead atoms. The number of halogens is 6. The van der Waals surface area contributed by atoms with Crippen LogP contribution in [0, 0.1) is 0 Å². The van der Waals surface area contributed by atoms with E-state index in [0.29, 0.717) is 33.1 Å². The largest absolute Gasteiger partial charge is 0.449 e. The minimum atomic E-state index is -4.62. The van der Waals surface area contributed by atoms with Crippen molar-refractivity contribution < 1.29 is 26.3 Å². The summed E-state index contributed by atoms with van der Waals surface area (Å²) < 4.78 is 82.3. The minimum absolute atomic E-state index is 0.0824. The van der Waals surface area contributed by atoms with Gasteiger partial charge in [0.05, 0.1) is 28.3 Å². The van der Waals surface area contributed by atoms with Crippen molar-refractivity contribution in [2.24, 2.45) is 7.05 Å². The fraction of sp³-hybridized carbons (Fsp3) is 0.350. The van der Waals surface area contributed by atoms with Crippen LogP contribution in [0.1, 0.15) is 25.4 Å². The van der Waals surface area contributed by atoms with Gasteiger partial charge in [0.25, 0.3) is 0 Å². The first-order valence-corrected chi connectivity index (χ1v) is 10.6. The van der Waals surface area contributed by atoms with Crippen LogP contribution in [0.4, 0.5) is 26.3 Å². The Hall–Kier alpha value is -2.76. The third-order valence-corrected chi connectivity index (χ3v) is 5.96. The highest BCUT2D eigenvalue weighted by atomic mass is 32.2. The molecule has 0 saturated carbocycles. The molecule has 32 heavy (non-hydrogen) atoms. The van der Waals surface area contributed by atoms with Gasteiger partial charge in [-0.1, -0.05) is 6.92 Å². The van der Waals surface area contributed by atoms with Gasteiger partial charge in [-0.25, -0.2) is 15.0 Å². The maximum Gasteiger partial charge on any atom is 0.449 e. The molecule has 12 heteroatoms. The first-order chi connectivity index (χ1) is 15.0. The molecule has 3 aromatic heterocycles. The van der Waals surface area contributed by atoms with E-state index < -0.39 is 23.9 Å². The zero-order chi connectivity index (χ0) is 23.4. The fourth-order valence-electron chi connectivity index (χ4n) is 3.62. The SMILES string of the molecule is CCSc1cc2c(cc1-c1nc3cc(C(F)(F)F)ncc3n1C)nc(C(F)(F)F)n2CC. The molecule has 4 rings (SSSR count). The minimum Gasteiger partial charge on any atom is -0.326 e. The van der Waals surface area contributed by atoms with Gasteiger partial charge in [0.1, 0.15) is 11.5 Å². The van der Waals surface area contributed by atoms with Crippen LogP contribution in [0.5, 0.6) is 0 Å². The van der Waals surface area contributed by atoms with Crippen LogP contribution in [-0.4, -0.2) is 29.8 Å². The molecule has 0 aliphatic heterocycles. The van der Waals surface area contributed by atoms with Gasteiger partial charge in [0.15, 0.2) is 0 Å². The van der Waals surface area contributed by atoms with Crippen molar-refractivity contribution in [1.29, 1.82) is 0 Å². The number of aromatic nitrogens is 5. The number of nitrogens with zero attached hydrogens (tertiary/aromatic N) is 5. The number of hydrogen-bond acceptors (Lipinski definition) is 4. The van der Waals surface area contributed by atoms with E-state index in [4.69, 9.17) is 0 Å². The predicted octanol–water partition coefficient (Wildman–Crippen LogP) is 6.15. The molecule has 1 aromatic carbocycles. The molecule has 0 spiro atoms. The standard InChI is InChI=1S/C20H17F6N5S/c1-4-31-13-8-15(32-5-2)10(6-11(13)29-18(31)20(24,25)26)17-28-12-7-16(19(21,22)23)27-9-14(12)30(17)3/h6-9H,4-5H2,1-3H3. The number of aryl methyl sites for hydroxylation is 2. The zero-order valence-corrected chi connectivity index (χ0v) is 18.0. The summed E-state index contributed by atoms with van der Waals surface area (Å²) in [7, 11) is 1.62. The summed E-state index contributed by atoms with van der Waals surface area (Å²) in [6, 6.07) is 3.99. The average Bonchev–Trinajstić information content (AvgIpc) is 3.24. The van der Waals surface area contributed by atoms with E-state index >= 15 is 0 Å². The summed E-state index contributed by atoms with van der Waals surface area (Å²) in [4.78, 5) is 12.3. The van der Waals surface area contributed by atoms with Gasteiger partial charge in [-0.15, -0.1) is 11.8 Å². The third kappa shape index (κ3) is 3.70. The lowest BCUT2D eigenvalue weighted by molar-refractivity contribution is -0.146. The van der Waals surface area contributed by atoms with Crippen molar-refractivity contribution in [2.75, 3.05) is 5.75 Å². The lowest BCUT2D eigenvalue weighted by Crippen LogP contribution is -2.14. The molecule has 0 fully saturated rings. The van der Waals surface area contributed by atoms with Gasteiger partial charge in [-0.3, -0.25) is 0 Å². The number of rotatable bonds is 4. The maximum atomic E-state index is 13.5. The molecule has 0 amide bonds. The Balaban J connectivity index is 1.98. The molecule has 0 N–H and O–H groups in total. The highest BCUT2D eigenvalue weighted by Gasteiger charge is 2.37. The number of alkyl halides is 6. The number of hydrogen-bond donors (Lipinski definition) is 0. The van der Waals surface area contributed by atoms with E-state index in [2.05, 4.69) is 15.0 Å². The van der Waals surface area contributed by atoms with E-state index in [1.807, 2.05) is 6.92 Å². The van der Waals surface area contributed by atoms with Crippen molar-refractivity contribution in [3.05, 3.63) is 35.9 Å². The Morgan fingerprint density at radius 3 is 2.19 bits per heavy atom. The lowest BCUT2D eigenvalue weighted by Gasteiger charge is -2.11. The van der Waals surface area contributed by atoms with E-state index in [1.54, 1.807) is 24.6 Å². The summed E-state index contributed by atoms with van der Waals surface area (Å²) in [6.07, 6.45) is -8.15. The maximum absolute atomic E-state index is 13.5. The number of imidazole rings is 2. The summed E-state index contributed by atoms with van der Waals surface area (Å²) in [5.74, 6) is -0.0450. The van der Waals surface area contributed by atoms with Crippen LogP contribution in [0.3, 0.4) is 0 Å². The monoisotopic (exact) mass is 473 g/mol. The summed E-state index contributed by atoms with van der Waals surface area (Å²) in [5.41, 5.74) is 0.356. The molecular formula is C20H17F6N5S. The Morgan fingerprint density at radius 2 is 1.59 bits per heavy atom. The fourth-order valence-corrected chi connectivity index (χ4v) is 4.43. The second-order valence-corrected chi connectivity index (χ2v) is 8.30. The molecule has 170 valence electrons. The van der Waals surface area contributed by atoms with Crippen LogP contribution >= 0.6 is 11.8 Å². The van der Waals surface area contributed by atoms with Crippen molar-refractivity contribution in [2.45, 2.75) is 37.6 Å². The van der Waals surface area contributed by atoms with Crippen LogP contribution in [0.2, 0.25) is 0 Å². The van der Waals surface area contributed by atoms with Crippen molar-refractivity contribution in [1.82, 2.24) is 24.1 Å². The van der Waals surface area contributed by atoms with E-state index in [0.717, 1.165) is 16.8 Å². The topological polar surface area (TPSA) is 48.5 Å². The van der Waals surface area contributed by atoms with Crippen molar-refractivity contribution in [3.8, 4) is 11.4 Å². The van der Waals surface area contributed by atoms with Gasteiger partial charge < -0.3 is 9.13 Å². The lowest BCUT2D eigenvalue weighted by atomic mass is 10.2. The molecule has 0 aliphatic carbocycles. The first kappa shape index (κ1) is 22.4. The molecule has 0 saturated heterocycles. The van der Waals surface area contributed by atoms with E-state index in [9.17, 15) is 26.3 Å². The Kier molecular flexibility index (Phi) is 5.38. The molecule has 0 unspecified atom stereocenters. The van der Waals surface area contributed by atoms with Crippen LogP contribution in [-0.2, 0) is 25.9 Å². The molecule has 0 aliphatic rings. The quantitative estimate of drug-likeness (QED) is 0.263. The first-order valence-electron chi connectivity index (χ1n) is 9.60. The van der Waals surface area contributed by atoms with E-state index in [-0.39, 0.29) is 17.6 Å². The Labute approximate surface area is 182 Å². The highest BCUT2D eigenvalue weighted by Crippen LogP contribution is 2.39. The van der Waals surface area contributed by atoms with Gasteiger partial charge in [-0.2, -0.15) is 26.3 Å². The van der Waals surface area contributed by atoms with Gasteiger partial charge in [0.2, 0.25) is 5.82 Å². The number of thioether (sulfide) groups is 1. The smallest absolute Gasteiger partial charge is 0.326 e. The predicted molar refractivity (Wildman–Crippen MR) is 109 cm³/mol. The molecule has 5 nitrogen and oxygen atoms in total. The zero-order valence-electron chi connectivity index (χ0n) is 17.1. The second kappa shape index (κ2) is 7.68. The summed E-state index contributed by atoms with van der Waals surface area (Å²) >= 11 is 1.40. The number of pyridine rings is 1. The molecule has 4 aromatic rings. The third-order valence-electron chi connectivity index (χ3n) is 5.02. The van der Waals surface area contributed by atoms with Gasteiger partial charge in [-0.05, 0) is 30.9 Å². The molecular weight excluding hydrogens is 456 g/mol.